The number of nitrogens with one attached hydrogen (secondary N) is 2. The summed E-state index contributed by atoms with van der Waals surface area (Å²) in [5.74, 6) is 1.48. The third-order valence-corrected chi connectivity index (χ3v) is 5.28. The Balaban J connectivity index is 1.56. The van der Waals surface area contributed by atoms with Crippen molar-refractivity contribution in [3.05, 3.63) is 58.3 Å². The zero-order valence-electron chi connectivity index (χ0n) is 16.6. The van der Waals surface area contributed by atoms with Crippen LogP contribution in [0.5, 0.6) is 5.75 Å². The molecule has 8 nitrogen and oxygen atoms in total. The van der Waals surface area contributed by atoms with Gasteiger partial charge in [-0.3, -0.25) is 4.79 Å². The minimum absolute atomic E-state index is 0.147. The molecule has 0 fully saturated rings. The molecule has 0 spiro atoms. The fourth-order valence-corrected chi connectivity index (χ4v) is 3.81. The van der Waals surface area contributed by atoms with Crippen molar-refractivity contribution in [1.29, 1.82) is 0 Å². The number of carbonyl (C=O) groups excluding carboxylic acids is 1. The Morgan fingerprint density at radius 2 is 2.03 bits per heavy atom. The summed E-state index contributed by atoms with van der Waals surface area (Å²) < 4.78 is 6.51. The van der Waals surface area contributed by atoms with Gasteiger partial charge < -0.3 is 20.3 Å². The van der Waals surface area contributed by atoms with Gasteiger partial charge in [0.25, 0.3) is 0 Å². The van der Waals surface area contributed by atoms with Crippen LogP contribution < -0.4 is 20.3 Å². The summed E-state index contributed by atoms with van der Waals surface area (Å²) in [6, 6.07) is 11.7. The number of anilines is 4. The van der Waals surface area contributed by atoms with Crippen molar-refractivity contribution in [3.8, 4) is 5.75 Å². The van der Waals surface area contributed by atoms with Crippen molar-refractivity contribution in [2.45, 2.75) is 19.9 Å². The summed E-state index contributed by atoms with van der Waals surface area (Å²) in [4.78, 5) is 26.7. The van der Waals surface area contributed by atoms with Crippen LogP contribution in [0.15, 0.2) is 47.2 Å². The Morgan fingerprint density at radius 3 is 2.83 bits per heavy atom. The number of methoxy groups -OCH3 is 1. The minimum Gasteiger partial charge on any atom is -0.495 e. The number of rotatable bonds is 5. The molecular formula is C21H21BrN6O2. The molecule has 2 heterocycles. The van der Waals surface area contributed by atoms with E-state index in [-0.39, 0.29) is 5.91 Å². The van der Waals surface area contributed by atoms with Gasteiger partial charge in [-0.25, -0.2) is 9.97 Å². The minimum atomic E-state index is -0.147. The lowest BCUT2D eigenvalue weighted by atomic mass is 10.0. The molecule has 0 saturated carbocycles. The van der Waals surface area contributed by atoms with E-state index >= 15 is 0 Å². The van der Waals surface area contributed by atoms with Gasteiger partial charge >= 0.3 is 0 Å². The predicted molar refractivity (Wildman–Crippen MR) is 119 cm³/mol. The first kappa shape index (κ1) is 20.1. The van der Waals surface area contributed by atoms with Crippen LogP contribution >= 0.6 is 15.9 Å². The summed E-state index contributed by atoms with van der Waals surface area (Å²) in [7, 11) is 1.58. The monoisotopic (exact) mass is 468 g/mol. The average Bonchev–Trinajstić information content (AvgIpc) is 2.73. The summed E-state index contributed by atoms with van der Waals surface area (Å²) in [5.41, 5.74) is 3.91. The van der Waals surface area contributed by atoms with E-state index in [1.165, 1.54) is 24.4 Å². The van der Waals surface area contributed by atoms with Crippen LogP contribution in [0.4, 0.5) is 23.3 Å². The van der Waals surface area contributed by atoms with Crippen LogP contribution in [-0.2, 0) is 17.8 Å². The van der Waals surface area contributed by atoms with Crippen LogP contribution in [-0.4, -0.2) is 34.5 Å². The van der Waals surface area contributed by atoms with Gasteiger partial charge in [-0.1, -0.05) is 22.0 Å². The fourth-order valence-electron chi connectivity index (χ4n) is 3.40. The van der Waals surface area contributed by atoms with Crippen molar-refractivity contribution >= 4 is 45.1 Å². The Labute approximate surface area is 182 Å². The number of carbonyl (C=O) groups is 1. The van der Waals surface area contributed by atoms with Gasteiger partial charge in [-0.15, -0.1) is 0 Å². The Hall–Kier alpha value is -3.20. The second-order valence-corrected chi connectivity index (χ2v) is 7.83. The number of nitrogens with zero attached hydrogens (tertiary/aromatic N) is 4. The van der Waals surface area contributed by atoms with Crippen LogP contribution in [0.25, 0.3) is 0 Å². The zero-order chi connectivity index (χ0) is 21.1. The highest BCUT2D eigenvalue weighted by molar-refractivity contribution is 9.10. The molecule has 0 saturated heterocycles. The number of halogens is 1. The standard InChI is InChI=1S/C21H21BrN6O2/c1-13(29)25-17-5-6-19(30-2)18(10-17)26-20-23-12-24-21(27-20)28-8-7-14-9-16(22)4-3-15(14)11-28/h3-6,9-10,12H,7-8,11H2,1-2H3,(H,25,29)(H,23,24,26,27). The first-order valence-electron chi connectivity index (χ1n) is 9.46. The highest BCUT2D eigenvalue weighted by Gasteiger charge is 2.19. The van der Waals surface area contributed by atoms with Crippen LogP contribution in [0.1, 0.15) is 18.1 Å². The van der Waals surface area contributed by atoms with E-state index < -0.39 is 0 Å². The molecule has 0 bridgehead atoms. The molecule has 4 rings (SSSR count). The van der Waals surface area contributed by atoms with Crippen molar-refractivity contribution in [2.75, 3.05) is 29.2 Å². The fraction of sp³-hybridized carbons (Fsp3) is 0.238. The Morgan fingerprint density at radius 1 is 1.17 bits per heavy atom. The number of aromatic nitrogens is 3. The van der Waals surface area contributed by atoms with Gasteiger partial charge in [-0.2, -0.15) is 4.98 Å². The van der Waals surface area contributed by atoms with E-state index in [1.807, 2.05) is 0 Å². The molecule has 0 atom stereocenters. The lowest BCUT2D eigenvalue weighted by Crippen LogP contribution is -2.32. The summed E-state index contributed by atoms with van der Waals surface area (Å²) in [6.07, 6.45) is 2.42. The number of ether oxygens (including phenoxy) is 1. The second-order valence-electron chi connectivity index (χ2n) is 6.91. The van der Waals surface area contributed by atoms with E-state index in [2.05, 4.69) is 64.6 Å². The maximum absolute atomic E-state index is 11.4. The normalized spacial score (nSPS) is 12.8. The molecule has 9 heteroatoms. The molecule has 1 aromatic heterocycles. The molecule has 0 unspecified atom stereocenters. The maximum Gasteiger partial charge on any atom is 0.232 e. The SMILES string of the molecule is COc1ccc(NC(C)=O)cc1Nc1ncnc(N2CCc3cc(Br)ccc3C2)n1. The third-order valence-electron chi connectivity index (χ3n) is 4.79. The van der Waals surface area contributed by atoms with E-state index in [0.29, 0.717) is 29.0 Å². The molecule has 154 valence electrons. The number of amides is 1. The number of fused-ring (bicyclic) bond motifs is 1. The smallest absolute Gasteiger partial charge is 0.232 e. The predicted octanol–water partition coefficient (Wildman–Crippen LogP) is 3.91. The zero-order valence-corrected chi connectivity index (χ0v) is 18.2. The molecule has 1 aliphatic heterocycles. The largest absolute Gasteiger partial charge is 0.495 e. The lowest BCUT2D eigenvalue weighted by molar-refractivity contribution is -0.114. The average molecular weight is 469 g/mol. The molecular weight excluding hydrogens is 448 g/mol. The maximum atomic E-state index is 11.4. The Kier molecular flexibility index (Phi) is 5.80. The highest BCUT2D eigenvalue weighted by atomic mass is 79.9. The van der Waals surface area contributed by atoms with E-state index in [9.17, 15) is 4.79 Å². The van der Waals surface area contributed by atoms with E-state index in [0.717, 1.165) is 24.0 Å². The van der Waals surface area contributed by atoms with Gasteiger partial charge in [0, 0.05) is 30.2 Å². The second kappa shape index (κ2) is 8.66. The molecule has 2 N–H and O–H groups in total. The molecule has 0 aliphatic carbocycles. The molecule has 30 heavy (non-hydrogen) atoms. The van der Waals surface area contributed by atoms with Gasteiger partial charge in [0.05, 0.1) is 12.8 Å². The first-order valence-corrected chi connectivity index (χ1v) is 10.2. The molecule has 2 aromatic carbocycles. The van der Waals surface area contributed by atoms with Crippen molar-refractivity contribution in [3.63, 3.8) is 0 Å². The van der Waals surface area contributed by atoms with Crippen LogP contribution in [0, 0.1) is 0 Å². The highest BCUT2D eigenvalue weighted by Crippen LogP contribution is 2.30. The quantitative estimate of drug-likeness (QED) is 0.586. The first-order chi connectivity index (χ1) is 14.5. The van der Waals surface area contributed by atoms with Gasteiger partial charge in [-0.05, 0) is 47.9 Å². The van der Waals surface area contributed by atoms with Crippen LogP contribution in [0.2, 0.25) is 0 Å². The molecule has 3 aromatic rings. The summed E-state index contributed by atoms with van der Waals surface area (Å²) in [6.45, 7) is 3.03. The molecule has 1 amide bonds. The third kappa shape index (κ3) is 4.51. The number of hydrogen-bond donors (Lipinski definition) is 2. The van der Waals surface area contributed by atoms with Crippen molar-refractivity contribution in [1.82, 2.24) is 15.0 Å². The van der Waals surface area contributed by atoms with Crippen molar-refractivity contribution in [2.24, 2.45) is 0 Å². The molecule has 0 radical (unpaired) electrons. The topological polar surface area (TPSA) is 92.3 Å². The van der Waals surface area contributed by atoms with E-state index in [4.69, 9.17) is 4.74 Å². The summed E-state index contributed by atoms with van der Waals surface area (Å²) in [5, 5.41) is 5.93. The van der Waals surface area contributed by atoms with Gasteiger partial charge in [0.1, 0.15) is 12.1 Å². The van der Waals surface area contributed by atoms with E-state index in [1.54, 1.807) is 25.3 Å². The number of benzene rings is 2. The summed E-state index contributed by atoms with van der Waals surface area (Å²) >= 11 is 3.53. The molecule has 1 aliphatic rings. The van der Waals surface area contributed by atoms with Crippen LogP contribution in [0.3, 0.4) is 0 Å². The lowest BCUT2D eigenvalue weighted by Gasteiger charge is -2.29. The Bertz CT molecular complexity index is 1090. The van der Waals surface area contributed by atoms with Gasteiger partial charge in [0.15, 0.2) is 0 Å². The van der Waals surface area contributed by atoms with Crippen molar-refractivity contribution < 1.29 is 9.53 Å². The number of hydrogen-bond acceptors (Lipinski definition) is 7. The van der Waals surface area contributed by atoms with Gasteiger partial charge in [0.2, 0.25) is 17.8 Å².